The Labute approximate surface area is 164 Å². The molecule has 5 rings (SSSR count). The number of carbonyl (C=O) groups is 2. The summed E-state index contributed by atoms with van der Waals surface area (Å²) in [5, 5.41) is 14.5. The first-order valence-electron chi connectivity index (χ1n) is 9.96. The van der Waals surface area contributed by atoms with Gasteiger partial charge < -0.3 is 20.3 Å². The molecular formula is C20H27N5O3. The topological polar surface area (TPSA) is 99.3 Å². The van der Waals surface area contributed by atoms with E-state index in [9.17, 15) is 9.59 Å². The molecule has 0 radical (unpaired) electrons. The van der Waals surface area contributed by atoms with E-state index in [-0.39, 0.29) is 17.9 Å². The van der Waals surface area contributed by atoms with E-state index in [1.165, 1.54) is 7.11 Å². The second kappa shape index (κ2) is 8.18. The Bertz CT molecular complexity index is 857. The molecule has 0 unspecified atom stereocenters. The number of ether oxygens (including phenoxy) is 1. The van der Waals surface area contributed by atoms with Crippen molar-refractivity contribution in [1.29, 1.82) is 0 Å². The highest BCUT2D eigenvalue weighted by molar-refractivity contribution is 6.05. The molecule has 2 aromatic rings. The van der Waals surface area contributed by atoms with Crippen LogP contribution in [0.1, 0.15) is 36.2 Å². The largest absolute Gasteiger partial charge is 0.469 e. The van der Waals surface area contributed by atoms with Crippen LogP contribution in [0.2, 0.25) is 0 Å². The first kappa shape index (κ1) is 18.7. The minimum absolute atomic E-state index is 0.118. The molecule has 3 aliphatic heterocycles. The summed E-state index contributed by atoms with van der Waals surface area (Å²) in [6, 6.07) is 5.99. The van der Waals surface area contributed by atoms with Gasteiger partial charge in [-0.2, -0.15) is 5.10 Å². The van der Waals surface area contributed by atoms with Crippen LogP contribution in [-0.2, 0) is 9.53 Å². The molecule has 8 heteroatoms. The zero-order valence-electron chi connectivity index (χ0n) is 16.2. The Morgan fingerprint density at radius 2 is 2.14 bits per heavy atom. The van der Waals surface area contributed by atoms with E-state index in [1.54, 1.807) is 0 Å². The molecule has 3 saturated heterocycles. The third-order valence-corrected chi connectivity index (χ3v) is 5.87. The van der Waals surface area contributed by atoms with Crippen LogP contribution in [-0.4, -0.2) is 66.3 Å². The minimum atomic E-state index is -0.209. The van der Waals surface area contributed by atoms with Gasteiger partial charge in [0.15, 0.2) is 5.69 Å². The number of benzene rings is 1. The number of carbonyl (C=O) groups excluding carboxylic acids is 2. The maximum Gasteiger partial charge on any atom is 0.305 e. The third kappa shape index (κ3) is 3.96. The highest BCUT2D eigenvalue weighted by Gasteiger charge is 2.35. The minimum Gasteiger partial charge on any atom is -0.469 e. The Kier molecular flexibility index (Phi) is 5.47. The van der Waals surface area contributed by atoms with Crippen molar-refractivity contribution in [2.75, 3.05) is 38.6 Å². The van der Waals surface area contributed by atoms with Crippen molar-refractivity contribution < 1.29 is 14.3 Å². The van der Waals surface area contributed by atoms with Gasteiger partial charge in [0.05, 0.1) is 12.6 Å². The zero-order chi connectivity index (χ0) is 19.5. The molecular weight excluding hydrogens is 358 g/mol. The van der Waals surface area contributed by atoms with Gasteiger partial charge >= 0.3 is 5.97 Å². The molecule has 8 nitrogen and oxygen atoms in total. The van der Waals surface area contributed by atoms with Gasteiger partial charge in [-0.15, -0.1) is 0 Å². The van der Waals surface area contributed by atoms with Crippen LogP contribution in [0.25, 0.3) is 10.9 Å². The van der Waals surface area contributed by atoms with E-state index in [0.29, 0.717) is 31.0 Å². The maximum absolute atomic E-state index is 12.9. The molecule has 2 bridgehead atoms. The standard InChI is InChI=1S/C20H27N5O3/c1-28-18(26)3-2-8-21-14-4-5-16-15(11-14)19(24-23-16)20(27)22-17-12-25-9-6-13(17)7-10-25/h4-5,11,13,17,21H,2-3,6-10,12H2,1H3,(H,22,27)(H,23,24)/t17-/m1/s1. The molecule has 3 aliphatic rings. The zero-order valence-corrected chi connectivity index (χ0v) is 16.2. The first-order valence-corrected chi connectivity index (χ1v) is 9.96. The van der Waals surface area contributed by atoms with Gasteiger partial charge in [-0.05, 0) is 56.5 Å². The van der Waals surface area contributed by atoms with E-state index >= 15 is 0 Å². The number of nitrogens with zero attached hydrogens (tertiary/aromatic N) is 2. The van der Waals surface area contributed by atoms with Crippen molar-refractivity contribution in [2.45, 2.75) is 31.7 Å². The van der Waals surface area contributed by atoms with Gasteiger partial charge in [-0.3, -0.25) is 14.7 Å². The van der Waals surface area contributed by atoms with Crippen molar-refractivity contribution >= 4 is 28.5 Å². The highest BCUT2D eigenvalue weighted by atomic mass is 16.5. The molecule has 28 heavy (non-hydrogen) atoms. The smallest absolute Gasteiger partial charge is 0.305 e. The number of methoxy groups -OCH3 is 1. The first-order chi connectivity index (χ1) is 13.6. The average Bonchev–Trinajstić information content (AvgIpc) is 3.15. The molecule has 1 aromatic heterocycles. The van der Waals surface area contributed by atoms with Crippen molar-refractivity contribution in [3.63, 3.8) is 0 Å². The van der Waals surface area contributed by atoms with Crippen molar-refractivity contribution in [1.82, 2.24) is 20.4 Å². The SMILES string of the molecule is COC(=O)CCCNc1ccc2[nH]nc(C(=O)N[C@@H]3CN4CCC3CC4)c2c1. The number of esters is 1. The van der Waals surface area contributed by atoms with Crippen LogP contribution < -0.4 is 10.6 Å². The van der Waals surface area contributed by atoms with Gasteiger partial charge in [0.2, 0.25) is 0 Å². The number of aromatic nitrogens is 2. The molecule has 0 aliphatic carbocycles. The van der Waals surface area contributed by atoms with Crippen molar-refractivity contribution in [2.24, 2.45) is 5.92 Å². The highest BCUT2D eigenvalue weighted by Crippen LogP contribution is 2.28. The van der Waals surface area contributed by atoms with Crippen molar-refractivity contribution in [3.05, 3.63) is 23.9 Å². The summed E-state index contributed by atoms with van der Waals surface area (Å²) in [4.78, 5) is 26.5. The number of H-pyrrole nitrogens is 1. The fourth-order valence-electron chi connectivity index (χ4n) is 4.23. The maximum atomic E-state index is 12.9. The van der Waals surface area contributed by atoms with Gasteiger partial charge in [-0.25, -0.2) is 0 Å². The van der Waals surface area contributed by atoms with E-state index in [2.05, 4.69) is 30.5 Å². The van der Waals surface area contributed by atoms with Gasteiger partial charge in [0.25, 0.3) is 5.91 Å². The number of rotatable bonds is 7. The molecule has 0 saturated carbocycles. The second-order valence-corrected chi connectivity index (χ2v) is 7.66. The number of fused-ring (bicyclic) bond motifs is 4. The predicted octanol–water partition coefficient (Wildman–Crippen LogP) is 1.75. The predicted molar refractivity (Wildman–Crippen MR) is 106 cm³/mol. The third-order valence-electron chi connectivity index (χ3n) is 5.87. The molecule has 1 atom stereocenters. The van der Waals surface area contributed by atoms with Crippen molar-refractivity contribution in [3.8, 4) is 0 Å². The second-order valence-electron chi connectivity index (χ2n) is 7.66. The fraction of sp³-hybridized carbons (Fsp3) is 0.550. The lowest BCUT2D eigenvalue weighted by atomic mass is 9.84. The number of hydrogen-bond donors (Lipinski definition) is 3. The van der Waals surface area contributed by atoms with E-state index in [1.807, 2.05) is 18.2 Å². The summed E-state index contributed by atoms with van der Waals surface area (Å²) in [6.45, 7) is 3.88. The summed E-state index contributed by atoms with van der Waals surface area (Å²) in [5.41, 5.74) is 2.17. The Morgan fingerprint density at radius 1 is 1.32 bits per heavy atom. The summed E-state index contributed by atoms with van der Waals surface area (Å²) in [6.07, 6.45) is 3.38. The fourth-order valence-corrected chi connectivity index (χ4v) is 4.23. The summed E-state index contributed by atoms with van der Waals surface area (Å²) in [7, 11) is 1.39. The van der Waals surface area contributed by atoms with Gasteiger partial charge in [-0.1, -0.05) is 0 Å². The molecule has 1 aromatic carbocycles. The van der Waals surface area contributed by atoms with Crippen LogP contribution >= 0.6 is 0 Å². The molecule has 150 valence electrons. The van der Waals surface area contributed by atoms with E-state index in [0.717, 1.165) is 49.1 Å². The van der Waals surface area contributed by atoms with Crippen LogP contribution in [0.15, 0.2) is 18.2 Å². The summed E-state index contributed by atoms with van der Waals surface area (Å²) >= 11 is 0. The van der Waals surface area contributed by atoms with E-state index < -0.39 is 0 Å². The summed E-state index contributed by atoms with van der Waals surface area (Å²) < 4.78 is 4.65. The quantitative estimate of drug-likeness (QED) is 0.496. The lowest BCUT2D eigenvalue weighted by molar-refractivity contribution is -0.140. The molecule has 3 N–H and O–H groups in total. The number of amides is 1. The average molecular weight is 385 g/mol. The lowest BCUT2D eigenvalue weighted by Crippen LogP contribution is -2.57. The lowest BCUT2D eigenvalue weighted by Gasteiger charge is -2.44. The Hall–Kier alpha value is -2.61. The van der Waals surface area contributed by atoms with Crippen LogP contribution in [0.4, 0.5) is 5.69 Å². The number of aromatic amines is 1. The van der Waals surface area contributed by atoms with Crippen LogP contribution in [0, 0.1) is 5.92 Å². The number of hydrogen-bond acceptors (Lipinski definition) is 6. The van der Waals surface area contributed by atoms with E-state index in [4.69, 9.17) is 0 Å². The monoisotopic (exact) mass is 385 g/mol. The Balaban J connectivity index is 1.41. The Morgan fingerprint density at radius 3 is 2.86 bits per heavy atom. The number of anilines is 1. The normalized spacial score (nSPS) is 23.5. The van der Waals surface area contributed by atoms with Gasteiger partial charge in [0, 0.05) is 36.6 Å². The molecule has 1 amide bonds. The number of piperidine rings is 3. The molecule has 4 heterocycles. The van der Waals surface area contributed by atoms with Gasteiger partial charge in [0.1, 0.15) is 0 Å². The summed E-state index contributed by atoms with van der Waals surface area (Å²) in [5.74, 6) is 0.248. The van der Waals surface area contributed by atoms with Crippen LogP contribution in [0.5, 0.6) is 0 Å². The molecule has 3 fully saturated rings. The number of nitrogens with one attached hydrogen (secondary N) is 3. The van der Waals surface area contributed by atoms with Crippen LogP contribution in [0.3, 0.4) is 0 Å². The molecule has 0 spiro atoms.